The number of aromatic hydroxyl groups is 1. The Hall–Kier alpha value is -2.24. The van der Waals surface area contributed by atoms with Crippen molar-refractivity contribution in [2.75, 3.05) is 13.1 Å². The molecular weight excluding hydrogens is 248 g/mol. The standard InChI is InChI=1S/C13H18N2O4/c16-11-5-2-1-4-10(11)7-9-15-13(19)14-8-3-6-12(17)18/h1-2,4-5,16H,3,6-9H2,(H,17,18)(H2,14,15,19). The molecule has 0 aliphatic carbocycles. The lowest BCUT2D eigenvalue weighted by molar-refractivity contribution is -0.137. The first-order chi connectivity index (χ1) is 9.09. The molecule has 0 aliphatic heterocycles. The second kappa shape index (κ2) is 7.97. The molecule has 2 amide bonds. The minimum atomic E-state index is -0.873. The van der Waals surface area contributed by atoms with Gasteiger partial charge in [-0.15, -0.1) is 0 Å². The largest absolute Gasteiger partial charge is 0.508 e. The van der Waals surface area contributed by atoms with Crippen LogP contribution in [0.1, 0.15) is 18.4 Å². The van der Waals surface area contributed by atoms with Gasteiger partial charge in [0.1, 0.15) is 5.75 Å². The van der Waals surface area contributed by atoms with Crippen LogP contribution in [0.4, 0.5) is 4.79 Å². The number of phenols is 1. The van der Waals surface area contributed by atoms with Gasteiger partial charge in [-0.1, -0.05) is 18.2 Å². The Kier molecular flexibility index (Phi) is 6.21. The van der Waals surface area contributed by atoms with E-state index in [1.807, 2.05) is 6.07 Å². The number of para-hydroxylation sites is 1. The van der Waals surface area contributed by atoms with E-state index >= 15 is 0 Å². The van der Waals surface area contributed by atoms with Gasteiger partial charge in [0.05, 0.1) is 0 Å². The first kappa shape index (κ1) is 14.8. The average Bonchev–Trinajstić information content (AvgIpc) is 2.37. The van der Waals surface area contributed by atoms with Gasteiger partial charge in [-0.2, -0.15) is 0 Å². The average molecular weight is 266 g/mol. The highest BCUT2D eigenvalue weighted by molar-refractivity contribution is 5.73. The van der Waals surface area contributed by atoms with Crippen LogP contribution in [0.5, 0.6) is 5.75 Å². The summed E-state index contributed by atoms with van der Waals surface area (Å²) in [6.07, 6.45) is 0.982. The summed E-state index contributed by atoms with van der Waals surface area (Å²) in [6.45, 7) is 0.733. The maximum Gasteiger partial charge on any atom is 0.314 e. The fourth-order valence-corrected chi connectivity index (χ4v) is 1.54. The number of carbonyl (C=O) groups is 2. The maximum absolute atomic E-state index is 11.3. The normalized spacial score (nSPS) is 9.89. The van der Waals surface area contributed by atoms with Crippen LogP contribution >= 0.6 is 0 Å². The Labute approximate surface area is 111 Å². The highest BCUT2D eigenvalue weighted by Crippen LogP contribution is 2.15. The van der Waals surface area contributed by atoms with Gasteiger partial charge in [-0.25, -0.2) is 4.79 Å². The minimum absolute atomic E-state index is 0.0398. The highest BCUT2D eigenvalue weighted by atomic mass is 16.4. The number of carboxylic acid groups (broad SMARTS) is 1. The van der Waals surface area contributed by atoms with E-state index in [-0.39, 0.29) is 18.2 Å². The summed E-state index contributed by atoms with van der Waals surface area (Å²) < 4.78 is 0. The molecule has 104 valence electrons. The van der Waals surface area contributed by atoms with E-state index in [1.54, 1.807) is 18.2 Å². The van der Waals surface area contributed by atoms with Crippen molar-refractivity contribution in [3.8, 4) is 5.75 Å². The van der Waals surface area contributed by atoms with Gasteiger partial charge in [-0.05, 0) is 24.5 Å². The lowest BCUT2D eigenvalue weighted by Gasteiger charge is -2.08. The van der Waals surface area contributed by atoms with Crippen molar-refractivity contribution in [3.63, 3.8) is 0 Å². The van der Waals surface area contributed by atoms with Gasteiger partial charge >= 0.3 is 12.0 Å². The zero-order valence-corrected chi connectivity index (χ0v) is 10.6. The maximum atomic E-state index is 11.3. The monoisotopic (exact) mass is 266 g/mol. The predicted octanol–water partition coefficient (Wildman–Crippen LogP) is 1.10. The fraction of sp³-hybridized carbons (Fsp3) is 0.385. The first-order valence-electron chi connectivity index (χ1n) is 6.10. The molecule has 0 aromatic heterocycles. The van der Waals surface area contributed by atoms with E-state index < -0.39 is 5.97 Å². The second-order valence-electron chi connectivity index (χ2n) is 4.06. The van der Waals surface area contributed by atoms with Crippen LogP contribution in [0.3, 0.4) is 0 Å². The number of phenolic OH excluding ortho intramolecular Hbond substituents is 1. The number of carboxylic acids is 1. The summed E-state index contributed by atoms with van der Waals surface area (Å²) in [6, 6.07) is 6.62. The Morgan fingerprint density at radius 3 is 2.47 bits per heavy atom. The number of amides is 2. The summed E-state index contributed by atoms with van der Waals surface area (Å²) in [7, 11) is 0. The van der Waals surface area contributed by atoms with Gasteiger partial charge in [0.15, 0.2) is 0 Å². The van der Waals surface area contributed by atoms with E-state index in [4.69, 9.17) is 5.11 Å². The number of hydrogen-bond acceptors (Lipinski definition) is 3. The Morgan fingerprint density at radius 2 is 1.79 bits per heavy atom. The van der Waals surface area contributed by atoms with Crippen LogP contribution in [-0.4, -0.2) is 35.3 Å². The van der Waals surface area contributed by atoms with Crippen molar-refractivity contribution in [3.05, 3.63) is 29.8 Å². The third kappa shape index (κ3) is 6.30. The number of carbonyl (C=O) groups excluding carboxylic acids is 1. The fourth-order valence-electron chi connectivity index (χ4n) is 1.54. The topological polar surface area (TPSA) is 98.7 Å². The molecule has 6 heteroatoms. The molecule has 0 fully saturated rings. The van der Waals surface area contributed by atoms with Gasteiger partial charge in [0.2, 0.25) is 0 Å². The SMILES string of the molecule is O=C(O)CCCNC(=O)NCCc1ccccc1O. The summed E-state index contributed by atoms with van der Waals surface area (Å²) >= 11 is 0. The lowest BCUT2D eigenvalue weighted by atomic mass is 10.1. The Morgan fingerprint density at radius 1 is 1.11 bits per heavy atom. The third-order valence-electron chi connectivity index (χ3n) is 2.52. The van der Waals surface area contributed by atoms with Crippen molar-refractivity contribution < 1.29 is 19.8 Å². The summed E-state index contributed by atoms with van der Waals surface area (Å²) in [5.74, 6) is -0.659. The van der Waals surface area contributed by atoms with Gasteiger partial charge in [-0.3, -0.25) is 4.79 Å². The van der Waals surface area contributed by atoms with Crippen molar-refractivity contribution in [2.45, 2.75) is 19.3 Å². The van der Waals surface area contributed by atoms with E-state index in [2.05, 4.69) is 10.6 Å². The van der Waals surface area contributed by atoms with Crippen LogP contribution in [0, 0.1) is 0 Å². The van der Waals surface area contributed by atoms with E-state index in [0.29, 0.717) is 25.9 Å². The molecule has 0 spiro atoms. The molecule has 0 heterocycles. The van der Waals surface area contributed by atoms with Crippen LogP contribution in [0.2, 0.25) is 0 Å². The minimum Gasteiger partial charge on any atom is -0.508 e. The number of hydrogen-bond donors (Lipinski definition) is 4. The predicted molar refractivity (Wildman–Crippen MR) is 70.1 cm³/mol. The number of aliphatic carboxylic acids is 1. The molecule has 0 saturated heterocycles. The van der Waals surface area contributed by atoms with Crippen molar-refractivity contribution in [2.24, 2.45) is 0 Å². The molecule has 6 nitrogen and oxygen atoms in total. The molecule has 1 rings (SSSR count). The quantitative estimate of drug-likeness (QED) is 0.555. The Bertz CT molecular complexity index is 434. The molecule has 1 aromatic carbocycles. The second-order valence-corrected chi connectivity index (χ2v) is 4.06. The molecule has 0 bridgehead atoms. The van der Waals surface area contributed by atoms with Crippen molar-refractivity contribution in [1.29, 1.82) is 0 Å². The van der Waals surface area contributed by atoms with Gasteiger partial charge in [0.25, 0.3) is 0 Å². The zero-order valence-electron chi connectivity index (χ0n) is 10.6. The van der Waals surface area contributed by atoms with Gasteiger partial charge < -0.3 is 20.8 Å². The molecule has 0 unspecified atom stereocenters. The van der Waals surface area contributed by atoms with Gasteiger partial charge in [0, 0.05) is 19.5 Å². The lowest BCUT2D eigenvalue weighted by Crippen LogP contribution is -2.37. The third-order valence-corrected chi connectivity index (χ3v) is 2.52. The summed E-state index contributed by atoms with van der Waals surface area (Å²) in [5.41, 5.74) is 0.772. The first-order valence-corrected chi connectivity index (χ1v) is 6.10. The number of benzene rings is 1. The number of rotatable bonds is 7. The number of urea groups is 1. The van der Waals surface area contributed by atoms with Crippen LogP contribution in [0.25, 0.3) is 0 Å². The van der Waals surface area contributed by atoms with Crippen molar-refractivity contribution in [1.82, 2.24) is 10.6 Å². The molecular formula is C13H18N2O4. The summed E-state index contributed by atoms with van der Waals surface area (Å²) in [5, 5.41) is 23.1. The zero-order chi connectivity index (χ0) is 14.1. The molecule has 0 saturated carbocycles. The van der Waals surface area contributed by atoms with E-state index in [9.17, 15) is 14.7 Å². The van der Waals surface area contributed by atoms with Crippen molar-refractivity contribution >= 4 is 12.0 Å². The molecule has 19 heavy (non-hydrogen) atoms. The van der Waals surface area contributed by atoms with Crippen LogP contribution < -0.4 is 10.6 Å². The molecule has 4 N–H and O–H groups in total. The molecule has 1 aromatic rings. The highest BCUT2D eigenvalue weighted by Gasteiger charge is 2.02. The van der Waals surface area contributed by atoms with E-state index in [1.165, 1.54) is 0 Å². The van der Waals surface area contributed by atoms with Crippen LogP contribution in [-0.2, 0) is 11.2 Å². The molecule has 0 atom stereocenters. The van der Waals surface area contributed by atoms with E-state index in [0.717, 1.165) is 5.56 Å². The smallest absolute Gasteiger partial charge is 0.314 e. The number of nitrogens with one attached hydrogen (secondary N) is 2. The molecule has 0 radical (unpaired) electrons. The van der Waals surface area contributed by atoms with Crippen LogP contribution in [0.15, 0.2) is 24.3 Å². The molecule has 0 aliphatic rings. The summed E-state index contributed by atoms with van der Waals surface area (Å²) in [4.78, 5) is 21.6. The Balaban J connectivity index is 2.14.